The predicted octanol–water partition coefficient (Wildman–Crippen LogP) is 4.03. The standard InChI is InChI=1S/C19H16ClFN4/c20-14-2-1-3-16(17(14)21)25-18-13-6-11(4-5-15(13)23-10-24-18)19-7-12(19)8-22-9-19/h1-6,10,12,22H,7-9H2,(H,23,24,25)/t12-,19+/m0/s1. The van der Waals surface area contributed by atoms with Crippen molar-refractivity contribution >= 4 is 34.0 Å². The SMILES string of the molecule is Fc1c(Cl)cccc1Nc1ncnc2ccc([C@@]34CNC[C@@H]3C4)cc12. The third-order valence-corrected chi connectivity index (χ3v) is 5.77. The number of piperidine rings is 1. The van der Waals surface area contributed by atoms with Gasteiger partial charge in [0, 0.05) is 17.3 Å². The monoisotopic (exact) mass is 354 g/mol. The second-order valence-corrected chi connectivity index (χ2v) is 7.28. The lowest BCUT2D eigenvalue weighted by Crippen LogP contribution is -2.19. The van der Waals surface area contributed by atoms with Crippen LogP contribution in [-0.4, -0.2) is 23.1 Å². The van der Waals surface area contributed by atoms with Gasteiger partial charge in [-0.2, -0.15) is 0 Å². The van der Waals surface area contributed by atoms with Crippen molar-refractivity contribution in [3.05, 3.63) is 59.1 Å². The van der Waals surface area contributed by atoms with Gasteiger partial charge in [0.1, 0.15) is 12.1 Å². The van der Waals surface area contributed by atoms with Crippen LogP contribution in [0.4, 0.5) is 15.9 Å². The fourth-order valence-electron chi connectivity index (χ4n) is 3.98. The van der Waals surface area contributed by atoms with Gasteiger partial charge in [-0.3, -0.25) is 0 Å². The molecule has 0 amide bonds. The smallest absolute Gasteiger partial charge is 0.165 e. The van der Waals surface area contributed by atoms with Crippen LogP contribution in [0, 0.1) is 11.7 Å². The van der Waals surface area contributed by atoms with E-state index >= 15 is 0 Å². The van der Waals surface area contributed by atoms with Gasteiger partial charge in [0.15, 0.2) is 5.82 Å². The number of fused-ring (bicyclic) bond motifs is 2. The van der Waals surface area contributed by atoms with E-state index in [4.69, 9.17) is 11.6 Å². The second kappa shape index (κ2) is 5.38. The molecule has 126 valence electrons. The fraction of sp³-hybridized carbons (Fsp3) is 0.263. The first-order valence-electron chi connectivity index (χ1n) is 8.34. The Morgan fingerprint density at radius 2 is 2.16 bits per heavy atom. The molecule has 3 aromatic rings. The molecule has 2 N–H and O–H groups in total. The van der Waals surface area contributed by atoms with Crippen LogP contribution in [0.5, 0.6) is 0 Å². The molecule has 1 aliphatic heterocycles. The maximum Gasteiger partial charge on any atom is 0.165 e. The van der Waals surface area contributed by atoms with Crippen molar-refractivity contribution in [3.8, 4) is 0 Å². The third-order valence-electron chi connectivity index (χ3n) is 5.48. The maximum atomic E-state index is 14.2. The summed E-state index contributed by atoms with van der Waals surface area (Å²) in [6, 6.07) is 11.2. The predicted molar refractivity (Wildman–Crippen MR) is 96.9 cm³/mol. The highest BCUT2D eigenvalue weighted by atomic mass is 35.5. The third kappa shape index (κ3) is 2.30. The molecule has 6 heteroatoms. The Balaban J connectivity index is 1.59. The zero-order valence-electron chi connectivity index (χ0n) is 13.4. The van der Waals surface area contributed by atoms with Crippen molar-refractivity contribution in [1.29, 1.82) is 0 Å². The van der Waals surface area contributed by atoms with Gasteiger partial charge in [0.05, 0.1) is 16.2 Å². The van der Waals surface area contributed by atoms with Gasteiger partial charge in [-0.05, 0) is 48.7 Å². The summed E-state index contributed by atoms with van der Waals surface area (Å²) < 4.78 is 14.2. The molecule has 2 heterocycles. The number of rotatable bonds is 3. The highest BCUT2D eigenvalue weighted by Crippen LogP contribution is 2.56. The molecule has 4 nitrogen and oxygen atoms in total. The van der Waals surface area contributed by atoms with Gasteiger partial charge in [-0.1, -0.05) is 23.7 Å². The minimum atomic E-state index is -0.479. The van der Waals surface area contributed by atoms with Crippen LogP contribution < -0.4 is 10.6 Å². The summed E-state index contributed by atoms with van der Waals surface area (Å²) in [6.45, 7) is 2.10. The summed E-state index contributed by atoms with van der Waals surface area (Å²) in [5.41, 5.74) is 2.70. The van der Waals surface area contributed by atoms with Crippen molar-refractivity contribution in [1.82, 2.24) is 15.3 Å². The Morgan fingerprint density at radius 1 is 1.24 bits per heavy atom. The molecule has 0 spiro atoms. The van der Waals surface area contributed by atoms with E-state index in [-0.39, 0.29) is 10.4 Å². The molecule has 0 bridgehead atoms. The summed E-state index contributed by atoms with van der Waals surface area (Å²) in [5, 5.41) is 7.52. The lowest BCUT2D eigenvalue weighted by Gasteiger charge is -2.15. The molecular weight excluding hydrogens is 339 g/mol. The molecule has 2 aromatic carbocycles. The van der Waals surface area contributed by atoms with Crippen molar-refractivity contribution in [2.45, 2.75) is 11.8 Å². The summed E-state index contributed by atoms with van der Waals surface area (Å²) in [7, 11) is 0. The summed E-state index contributed by atoms with van der Waals surface area (Å²) in [4.78, 5) is 8.67. The Bertz CT molecular complexity index is 992. The van der Waals surface area contributed by atoms with Crippen LogP contribution in [0.15, 0.2) is 42.7 Å². The van der Waals surface area contributed by atoms with E-state index in [1.165, 1.54) is 24.4 Å². The van der Waals surface area contributed by atoms with Gasteiger partial charge in [0.2, 0.25) is 0 Å². The summed E-state index contributed by atoms with van der Waals surface area (Å²) >= 11 is 5.88. The minimum absolute atomic E-state index is 0.0841. The van der Waals surface area contributed by atoms with Crippen LogP contribution in [0.1, 0.15) is 12.0 Å². The van der Waals surface area contributed by atoms with Gasteiger partial charge < -0.3 is 10.6 Å². The Hall–Kier alpha value is -2.24. The van der Waals surface area contributed by atoms with Crippen molar-refractivity contribution in [2.24, 2.45) is 5.92 Å². The van der Waals surface area contributed by atoms with E-state index in [1.54, 1.807) is 12.1 Å². The molecule has 0 unspecified atom stereocenters. The number of nitrogens with one attached hydrogen (secondary N) is 2. The van der Waals surface area contributed by atoms with E-state index in [0.29, 0.717) is 11.5 Å². The lowest BCUT2D eigenvalue weighted by molar-refractivity contribution is 0.632. The molecule has 2 atom stereocenters. The average molecular weight is 355 g/mol. The largest absolute Gasteiger partial charge is 0.337 e. The number of benzene rings is 2. The van der Waals surface area contributed by atoms with Crippen LogP contribution in [0.2, 0.25) is 5.02 Å². The molecule has 25 heavy (non-hydrogen) atoms. The van der Waals surface area contributed by atoms with E-state index in [0.717, 1.165) is 29.9 Å². The first-order chi connectivity index (χ1) is 12.2. The molecule has 0 radical (unpaired) electrons. The van der Waals surface area contributed by atoms with E-state index in [1.807, 2.05) is 6.07 Å². The molecule has 2 aliphatic rings. The normalized spacial score (nSPS) is 24.3. The first-order valence-corrected chi connectivity index (χ1v) is 8.72. The summed E-state index contributed by atoms with van der Waals surface area (Å²) in [6.07, 6.45) is 2.72. The molecule has 1 saturated heterocycles. The molecule has 1 aromatic heterocycles. The minimum Gasteiger partial charge on any atom is -0.337 e. The number of aromatic nitrogens is 2. The highest BCUT2D eigenvalue weighted by Gasteiger charge is 2.58. The molecule has 1 saturated carbocycles. The fourth-order valence-corrected chi connectivity index (χ4v) is 4.16. The Labute approximate surface area is 149 Å². The van der Waals surface area contributed by atoms with E-state index in [9.17, 15) is 4.39 Å². The number of halogens is 2. The zero-order valence-corrected chi connectivity index (χ0v) is 14.1. The first kappa shape index (κ1) is 15.0. The quantitative estimate of drug-likeness (QED) is 0.745. The van der Waals surface area contributed by atoms with Crippen LogP contribution in [0.25, 0.3) is 10.9 Å². The zero-order chi connectivity index (χ0) is 17.0. The van der Waals surface area contributed by atoms with Gasteiger partial charge >= 0.3 is 0 Å². The maximum absolute atomic E-state index is 14.2. The van der Waals surface area contributed by atoms with E-state index < -0.39 is 5.82 Å². The number of hydrogen-bond acceptors (Lipinski definition) is 4. The molecule has 5 rings (SSSR count). The van der Waals surface area contributed by atoms with Crippen molar-refractivity contribution < 1.29 is 4.39 Å². The highest BCUT2D eigenvalue weighted by molar-refractivity contribution is 6.31. The van der Waals surface area contributed by atoms with Crippen LogP contribution in [-0.2, 0) is 5.41 Å². The van der Waals surface area contributed by atoms with Gasteiger partial charge in [-0.15, -0.1) is 0 Å². The average Bonchev–Trinajstić information content (AvgIpc) is 3.20. The van der Waals surface area contributed by atoms with Gasteiger partial charge in [0.25, 0.3) is 0 Å². The second-order valence-electron chi connectivity index (χ2n) is 6.87. The Kier molecular flexibility index (Phi) is 3.24. The number of hydrogen-bond donors (Lipinski definition) is 2. The van der Waals surface area contributed by atoms with Gasteiger partial charge in [-0.25, -0.2) is 14.4 Å². The molecule has 2 fully saturated rings. The molecule has 1 aliphatic carbocycles. The Morgan fingerprint density at radius 3 is 2.96 bits per heavy atom. The number of anilines is 2. The molecular formula is C19H16ClFN4. The lowest BCUT2D eigenvalue weighted by atomic mass is 9.94. The topological polar surface area (TPSA) is 49.8 Å². The van der Waals surface area contributed by atoms with E-state index in [2.05, 4.69) is 32.7 Å². The summed E-state index contributed by atoms with van der Waals surface area (Å²) in [5.74, 6) is 0.830. The van der Waals surface area contributed by atoms with Crippen LogP contribution in [0.3, 0.4) is 0 Å². The van der Waals surface area contributed by atoms with Crippen LogP contribution >= 0.6 is 11.6 Å². The van der Waals surface area contributed by atoms with Crippen molar-refractivity contribution in [3.63, 3.8) is 0 Å². The number of nitrogens with zero attached hydrogens (tertiary/aromatic N) is 2. The van der Waals surface area contributed by atoms with Crippen molar-refractivity contribution in [2.75, 3.05) is 18.4 Å².